The summed E-state index contributed by atoms with van der Waals surface area (Å²) in [5, 5.41) is -0.305. The van der Waals surface area contributed by atoms with Crippen LogP contribution in [0.15, 0.2) is 34.3 Å². The molecule has 15 heteroatoms. The van der Waals surface area contributed by atoms with E-state index in [1.54, 1.807) is 4.99 Å². The number of aliphatic imine (C=N–C) groups is 2. The second kappa shape index (κ2) is 6.46. The molecule has 0 spiro atoms. The average molecular weight is 449 g/mol. The first-order chi connectivity index (χ1) is 12.4. The molecular weight excluding hydrogens is 445 g/mol. The quantitative estimate of drug-likeness (QED) is 0.548. The number of hydrogen-bond donors (Lipinski definition) is 0. The summed E-state index contributed by atoms with van der Waals surface area (Å²) in [6.07, 6.45) is -19.7. The van der Waals surface area contributed by atoms with E-state index in [2.05, 4.69) is 9.73 Å². The van der Waals surface area contributed by atoms with Crippen molar-refractivity contribution >= 4 is 23.4 Å². The number of alkyl halides is 11. The second-order valence-electron chi connectivity index (χ2n) is 5.19. The molecule has 1 aromatic rings. The number of rotatable bonds is 2. The molecule has 1 heterocycles. The van der Waals surface area contributed by atoms with Crippen molar-refractivity contribution < 1.29 is 53.0 Å². The fraction of sp³-hybridized carbons (Fsp3) is 0.385. The summed E-state index contributed by atoms with van der Waals surface area (Å²) < 4.78 is 148. The van der Waals surface area contributed by atoms with Gasteiger partial charge in [0.1, 0.15) is 0 Å². The Morgan fingerprint density at radius 2 is 1.36 bits per heavy atom. The first kappa shape index (κ1) is 22.2. The minimum atomic E-state index is -6.61. The number of nitrogens with zero attached hydrogens (tertiary/aromatic N) is 2. The molecule has 0 atom stereocenters. The molecule has 28 heavy (non-hydrogen) atoms. The van der Waals surface area contributed by atoms with E-state index in [0.717, 1.165) is 18.2 Å². The van der Waals surface area contributed by atoms with Gasteiger partial charge in [-0.25, -0.2) is 9.98 Å². The summed E-state index contributed by atoms with van der Waals surface area (Å²) in [4.78, 5) is 3.76. The van der Waals surface area contributed by atoms with E-state index in [1.807, 2.05) is 0 Å². The molecule has 3 nitrogen and oxygen atoms in total. The molecule has 0 bridgehead atoms. The molecule has 2 rings (SSSR count). The van der Waals surface area contributed by atoms with Crippen molar-refractivity contribution in [1.29, 1.82) is 0 Å². The van der Waals surface area contributed by atoms with Gasteiger partial charge in [0.05, 0.1) is 0 Å². The molecule has 0 unspecified atom stereocenters. The minimum Gasteiger partial charge on any atom is -0.418 e. The minimum absolute atomic E-state index is 0.305. The summed E-state index contributed by atoms with van der Waals surface area (Å²) in [6.45, 7) is 0. The smallest absolute Gasteiger partial charge is 0.418 e. The molecule has 156 valence electrons. The Labute approximate surface area is 152 Å². The molecule has 0 aliphatic carbocycles. The molecule has 0 radical (unpaired) electrons. The van der Waals surface area contributed by atoms with Crippen LogP contribution in [-0.4, -0.2) is 41.9 Å². The SMILES string of the molecule is FC(F)(F)C(F)(F)C1=NC(C(F)(F)F)(C(F)(F)F)N=C(c2cccc(Cl)c2)O1. The van der Waals surface area contributed by atoms with Gasteiger partial charge in [0.15, 0.2) is 0 Å². The maximum Gasteiger partial charge on any atom is 0.463 e. The van der Waals surface area contributed by atoms with Gasteiger partial charge in [-0.3, -0.25) is 0 Å². The Morgan fingerprint density at radius 3 is 1.79 bits per heavy atom. The summed E-state index contributed by atoms with van der Waals surface area (Å²) in [6, 6.07) is 3.43. The van der Waals surface area contributed by atoms with Gasteiger partial charge >= 0.3 is 30.1 Å². The van der Waals surface area contributed by atoms with Crippen molar-refractivity contribution in [1.82, 2.24) is 0 Å². The molecule has 1 aliphatic rings. The Balaban J connectivity index is 2.83. The zero-order chi connectivity index (χ0) is 21.8. The summed E-state index contributed by atoms with van der Waals surface area (Å²) in [5.74, 6) is -11.3. The van der Waals surface area contributed by atoms with Crippen LogP contribution in [0, 0.1) is 0 Å². The topological polar surface area (TPSA) is 34.0 Å². The van der Waals surface area contributed by atoms with Crippen molar-refractivity contribution in [3.8, 4) is 0 Å². The number of hydrogen-bond acceptors (Lipinski definition) is 3. The van der Waals surface area contributed by atoms with Crippen molar-refractivity contribution in [2.24, 2.45) is 9.98 Å². The molecule has 0 saturated heterocycles. The molecule has 1 aromatic carbocycles. The predicted octanol–water partition coefficient (Wildman–Crippen LogP) is 5.53. The number of ether oxygens (including phenoxy) is 1. The van der Waals surface area contributed by atoms with Crippen LogP contribution < -0.4 is 0 Å². The van der Waals surface area contributed by atoms with E-state index < -0.39 is 47.5 Å². The van der Waals surface area contributed by atoms with Crippen LogP contribution >= 0.6 is 11.6 Å². The Bertz CT molecular complexity index is 809. The van der Waals surface area contributed by atoms with Gasteiger partial charge in [0.25, 0.3) is 5.90 Å². The lowest BCUT2D eigenvalue weighted by atomic mass is 10.1. The Hall–Kier alpha value is -2.12. The fourth-order valence-electron chi connectivity index (χ4n) is 1.87. The molecule has 0 amide bonds. The van der Waals surface area contributed by atoms with E-state index in [9.17, 15) is 48.3 Å². The fourth-order valence-corrected chi connectivity index (χ4v) is 2.06. The van der Waals surface area contributed by atoms with Gasteiger partial charge in [-0.15, -0.1) is 0 Å². The van der Waals surface area contributed by atoms with Crippen LogP contribution in [0.25, 0.3) is 0 Å². The van der Waals surface area contributed by atoms with E-state index in [0.29, 0.717) is 6.07 Å². The third kappa shape index (κ3) is 3.61. The lowest BCUT2D eigenvalue weighted by Crippen LogP contribution is -2.59. The van der Waals surface area contributed by atoms with E-state index in [-0.39, 0.29) is 5.02 Å². The molecule has 0 aromatic heterocycles. The van der Waals surface area contributed by atoms with Gasteiger partial charge in [-0.2, -0.15) is 48.3 Å². The van der Waals surface area contributed by atoms with Crippen LogP contribution in [0.1, 0.15) is 5.56 Å². The highest BCUT2D eigenvalue weighted by Gasteiger charge is 2.76. The lowest BCUT2D eigenvalue weighted by molar-refractivity contribution is -0.296. The van der Waals surface area contributed by atoms with Gasteiger partial charge < -0.3 is 4.74 Å². The van der Waals surface area contributed by atoms with Gasteiger partial charge in [-0.05, 0) is 18.2 Å². The zero-order valence-electron chi connectivity index (χ0n) is 12.6. The van der Waals surface area contributed by atoms with Gasteiger partial charge in [0, 0.05) is 10.6 Å². The number of halogens is 12. The normalized spacial score (nSPS) is 18.3. The predicted molar refractivity (Wildman–Crippen MR) is 72.4 cm³/mol. The van der Waals surface area contributed by atoms with Gasteiger partial charge in [0.2, 0.25) is 5.90 Å². The van der Waals surface area contributed by atoms with Crippen LogP contribution in [0.5, 0.6) is 0 Å². The van der Waals surface area contributed by atoms with E-state index >= 15 is 0 Å². The standard InChI is InChI=1S/C13H4ClF11N2O/c14-6-3-1-2-5(4-6)7-26-10(12(20,21)22,13(23,24)25)27-8(28-7)9(15,16)11(17,18)19/h1-4H. The lowest BCUT2D eigenvalue weighted by Gasteiger charge is -2.35. The van der Waals surface area contributed by atoms with Crippen LogP contribution in [0.3, 0.4) is 0 Å². The van der Waals surface area contributed by atoms with Crippen molar-refractivity contribution in [3.05, 3.63) is 34.9 Å². The van der Waals surface area contributed by atoms with E-state index in [4.69, 9.17) is 11.6 Å². The molecule has 1 aliphatic heterocycles. The van der Waals surface area contributed by atoms with Crippen LogP contribution in [0.4, 0.5) is 48.3 Å². The third-order valence-corrected chi connectivity index (χ3v) is 3.44. The van der Waals surface area contributed by atoms with Crippen molar-refractivity contribution in [2.75, 3.05) is 0 Å². The molecule has 0 saturated carbocycles. The average Bonchev–Trinajstić information content (AvgIpc) is 2.51. The largest absolute Gasteiger partial charge is 0.463 e. The Morgan fingerprint density at radius 1 is 0.821 bits per heavy atom. The Kier molecular flexibility index (Phi) is 5.11. The summed E-state index contributed by atoms with van der Waals surface area (Å²) in [5.41, 5.74) is -6.48. The van der Waals surface area contributed by atoms with Crippen molar-refractivity contribution in [2.45, 2.75) is 30.1 Å². The highest BCUT2D eigenvalue weighted by molar-refractivity contribution is 6.31. The highest BCUT2D eigenvalue weighted by Crippen LogP contribution is 2.50. The monoisotopic (exact) mass is 448 g/mol. The molecule has 0 N–H and O–H groups in total. The van der Waals surface area contributed by atoms with Gasteiger partial charge in [-0.1, -0.05) is 17.7 Å². The van der Waals surface area contributed by atoms with Crippen LogP contribution in [0.2, 0.25) is 5.02 Å². The van der Waals surface area contributed by atoms with Crippen LogP contribution in [-0.2, 0) is 4.74 Å². The van der Waals surface area contributed by atoms with E-state index in [1.165, 1.54) is 0 Å². The zero-order valence-corrected chi connectivity index (χ0v) is 13.4. The third-order valence-electron chi connectivity index (χ3n) is 3.21. The second-order valence-corrected chi connectivity index (χ2v) is 5.62. The first-order valence-electron chi connectivity index (χ1n) is 6.64. The van der Waals surface area contributed by atoms with Crippen molar-refractivity contribution in [3.63, 3.8) is 0 Å². The summed E-state index contributed by atoms with van der Waals surface area (Å²) in [7, 11) is 0. The molecule has 0 fully saturated rings. The maximum atomic E-state index is 13.5. The number of benzene rings is 1. The molecular formula is C13H4ClF11N2O. The first-order valence-corrected chi connectivity index (χ1v) is 7.02. The summed E-state index contributed by atoms with van der Waals surface area (Å²) >= 11 is 5.50. The highest BCUT2D eigenvalue weighted by atomic mass is 35.5. The maximum absolute atomic E-state index is 13.5.